The van der Waals surface area contributed by atoms with Crippen molar-refractivity contribution in [1.82, 2.24) is 0 Å². The molecule has 1 fully saturated rings. The number of nitrogens with zero attached hydrogens (tertiary/aromatic N) is 2. The van der Waals surface area contributed by atoms with Crippen molar-refractivity contribution in [3.63, 3.8) is 0 Å². The van der Waals surface area contributed by atoms with E-state index in [2.05, 4.69) is 24.0 Å². The summed E-state index contributed by atoms with van der Waals surface area (Å²) in [6.07, 6.45) is 0. The number of nitriles is 1. The Balaban J connectivity index is 2.18. The van der Waals surface area contributed by atoms with Crippen LogP contribution in [-0.2, 0) is 0 Å². The van der Waals surface area contributed by atoms with Gasteiger partial charge in [0.05, 0.1) is 11.6 Å². The summed E-state index contributed by atoms with van der Waals surface area (Å²) < 4.78 is 0. The average Bonchev–Trinajstić information content (AvgIpc) is 2.29. The Morgan fingerprint density at radius 2 is 2.40 bits per heavy atom. The molecule has 1 atom stereocenters. The smallest absolute Gasteiger partial charge is 0.0992 e. The molecule has 1 aliphatic rings. The van der Waals surface area contributed by atoms with Crippen molar-refractivity contribution in [2.75, 3.05) is 23.7 Å². The third kappa shape index (κ3) is 2.45. The van der Waals surface area contributed by atoms with Crippen LogP contribution in [0.4, 0.5) is 5.69 Å². The van der Waals surface area contributed by atoms with Gasteiger partial charge in [0, 0.05) is 29.8 Å². The summed E-state index contributed by atoms with van der Waals surface area (Å²) in [5, 5.41) is 9.52. The summed E-state index contributed by atoms with van der Waals surface area (Å²) in [6, 6.07) is 10.1. The second-order valence-electron chi connectivity index (χ2n) is 3.79. The fourth-order valence-corrected chi connectivity index (χ4v) is 2.84. The van der Waals surface area contributed by atoms with Crippen molar-refractivity contribution in [3.05, 3.63) is 29.8 Å². The fraction of sp³-hybridized carbons (Fsp3) is 0.417. The van der Waals surface area contributed by atoms with Gasteiger partial charge in [-0.3, -0.25) is 0 Å². The average molecular weight is 218 g/mol. The molecule has 2 nitrogen and oxygen atoms in total. The van der Waals surface area contributed by atoms with Crippen molar-refractivity contribution in [3.8, 4) is 6.07 Å². The summed E-state index contributed by atoms with van der Waals surface area (Å²) in [5.41, 5.74) is 1.93. The van der Waals surface area contributed by atoms with Crippen molar-refractivity contribution < 1.29 is 0 Å². The highest BCUT2D eigenvalue weighted by molar-refractivity contribution is 8.00. The van der Waals surface area contributed by atoms with Gasteiger partial charge < -0.3 is 4.90 Å². The van der Waals surface area contributed by atoms with Crippen molar-refractivity contribution in [2.24, 2.45) is 0 Å². The number of anilines is 1. The van der Waals surface area contributed by atoms with Crippen molar-refractivity contribution in [1.29, 1.82) is 5.26 Å². The molecular weight excluding hydrogens is 204 g/mol. The molecule has 1 saturated heterocycles. The van der Waals surface area contributed by atoms with Crippen LogP contribution in [0.5, 0.6) is 0 Å². The molecule has 15 heavy (non-hydrogen) atoms. The first-order chi connectivity index (χ1) is 7.29. The number of benzene rings is 1. The van der Waals surface area contributed by atoms with E-state index in [1.54, 1.807) is 0 Å². The maximum atomic E-state index is 8.84. The Kier molecular flexibility index (Phi) is 3.17. The molecule has 1 aromatic rings. The number of thioether (sulfide) groups is 1. The van der Waals surface area contributed by atoms with Crippen LogP contribution in [0.15, 0.2) is 24.3 Å². The van der Waals surface area contributed by atoms with E-state index in [0.717, 1.165) is 18.7 Å². The van der Waals surface area contributed by atoms with Crippen LogP contribution in [0.2, 0.25) is 0 Å². The van der Waals surface area contributed by atoms with Gasteiger partial charge in [-0.05, 0) is 18.2 Å². The molecule has 0 saturated carbocycles. The first-order valence-electron chi connectivity index (χ1n) is 5.16. The summed E-state index contributed by atoms with van der Waals surface area (Å²) in [6.45, 7) is 4.43. The standard InChI is InChI=1S/C12H14N2S/c1-10-9-14(5-6-15-10)12-4-2-3-11(7-12)8-13/h2-4,7,10H,5-6,9H2,1H3. The van der Waals surface area contributed by atoms with E-state index in [-0.39, 0.29) is 0 Å². The van der Waals surface area contributed by atoms with E-state index in [4.69, 9.17) is 5.26 Å². The highest BCUT2D eigenvalue weighted by Crippen LogP contribution is 2.24. The topological polar surface area (TPSA) is 27.0 Å². The summed E-state index contributed by atoms with van der Waals surface area (Å²) >= 11 is 2.02. The predicted octanol–water partition coefficient (Wildman–Crippen LogP) is 2.50. The Hall–Kier alpha value is -1.14. The van der Waals surface area contributed by atoms with Crippen molar-refractivity contribution in [2.45, 2.75) is 12.2 Å². The zero-order valence-electron chi connectivity index (χ0n) is 8.81. The SMILES string of the molecule is CC1CN(c2cccc(C#N)c2)CCS1. The minimum atomic E-state index is 0.685. The second-order valence-corrected chi connectivity index (χ2v) is 5.34. The molecule has 2 rings (SSSR count). The van der Waals surface area contributed by atoms with E-state index in [1.807, 2.05) is 30.0 Å². The molecule has 0 aromatic heterocycles. The Bertz CT molecular complexity index is 383. The maximum Gasteiger partial charge on any atom is 0.0992 e. The third-order valence-corrected chi connectivity index (χ3v) is 3.72. The van der Waals surface area contributed by atoms with E-state index >= 15 is 0 Å². The third-order valence-electron chi connectivity index (χ3n) is 2.58. The molecule has 0 N–H and O–H groups in total. The molecule has 0 amide bonds. The molecule has 3 heteroatoms. The first kappa shape index (κ1) is 10.4. The van der Waals surface area contributed by atoms with E-state index < -0.39 is 0 Å². The summed E-state index contributed by atoms with van der Waals surface area (Å²) in [7, 11) is 0. The monoisotopic (exact) mass is 218 g/mol. The molecule has 1 aliphatic heterocycles. The van der Waals surface area contributed by atoms with E-state index in [9.17, 15) is 0 Å². The molecule has 0 spiro atoms. The van der Waals surface area contributed by atoms with Gasteiger partial charge in [-0.1, -0.05) is 13.0 Å². The predicted molar refractivity (Wildman–Crippen MR) is 65.3 cm³/mol. The van der Waals surface area contributed by atoms with Gasteiger partial charge in [0.1, 0.15) is 0 Å². The fourth-order valence-electron chi connectivity index (χ4n) is 1.83. The van der Waals surface area contributed by atoms with Crippen LogP contribution in [0.25, 0.3) is 0 Å². The number of hydrogen-bond acceptors (Lipinski definition) is 3. The van der Waals surface area contributed by atoms with Gasteiger partial charge in [0.25, 0.3) is 0 Å². The molecule has 0 radical (unpaired) electrons. The summed E-state index contributed by atoms with van der Waals surface area (Å²) in [4.78, 5) is 2.36. The van der Waals surface area contributed by atoms with Crippen LogP contribution in [-0.4, -0.2) is 24.1 Å². The van der Waals surface area contributed by atoms with E-state index in [1.165, 1.54) is 11.4 Å². The van der Waals surface area contributed by atoms with Gasteiger partial charge in [0.2, 0.25) is 0 Å². The lowest BCUT2D eigenvalue weighted by Crippen LogP contribution is -2.36. The van der Waals surface area contributed by atoms with Crippen LogP contribution in [0, 0.1) is 11.3 Å². The molecule has 0 aliphatic carbocycles. The lowest BCUT2D eigenvalue weighted by Gasteiger charge is -2.32. The van der Waals surface area contributed by atoms with Gasteiger partial charge >= 0.3 is 0 Å². The number of rotatable bonds is 1. The largest absolute Gasteiger partial charge is 0.370 e. The van der Waals surface area contributed by atoms with Crippen LogP contribution < -0.4 is 4.90 Å². The van der Waals surface area contributed by atoms with Crippen LogP contribution in [0.3, 0.4) is 0 Å². The molecular formula is C12H14N2S. The minimum Gasteiger partial charge on any atom is -0.370 e. The molecule has 1 unspecified atom stereocenters. The summed E-state index contributed by atoms with van der Waals surface area (Å²) in [5.74, 6) is 1.18. The highest BCUT2D eigenvalue weighted by Gasteiger charge is 2.16. The van der Waals surface area contributed by atoms with Crippen LogP contribution >= 0.6 is 11.8 Å². The minimum absolute atomic E-state index is 0.685. The lowest BCUT2D eigenvalue weighted by molar-refractivity contribution is 0.783. The first-order valence-corrected chi connectivity index (χ1v) is 6.21. The van der Waals surface area contributed by atoms with Gasteiger partial charge in [-0.15, -0.1) is 0 Å². The Morgan fingerprint density at radius 1 is 1.53 bits per heavy atom. The van der Waals surface area contributed by atoms with E-state index in [0.29, 0.717) is 5.25 Å². The quantitative estimate of drug-likeness (QED) is 0.724. The lowest BCUT2D eigenvalue weighted by atomic mass is 10.2. The van der Waals surface area contributed by atoms with Crippen LogP contribution in [0.1, 0.15) is 12.5 Å². The van der Waals surface area contributed by atoms with Gasteiger partial charge in [-0.25, -0.2) is 0 Å². The second kappa shape index (κ2) is 4.59. The Morgan fingerprint density at radius 3 is 3.13 bits per heavy atom. The van der Waals surface area contributed by atoms with Crippen molar-refractivity contribution >= 4 is 17.4 Å². The maximum absolute atomic E-state index is 8.84. The zero-order valence-corrected chi connectivity index (χ0v) is 9.63. The molecule has 78 valence electrons. The molecule has 1 heterocycles. The number of hydrogen-bond donors (Lipinski definition) is 0. The highest BCUT2D eigenvalue weighted by atomic mass is 32.2. The Labute approximate surface area is 94.9 Å². The van der Waals surface area contributed by atoms with Gasteiger partial charge in [-0.2, -0.15) is 17.0 Å². The molecule has 0 bridgehead atoms. The normalized spacial score (nSPS) is 21.1. The zero-order chi connectivity index (χ0) is 10.7. The molecule has 1 aromatic carbocycles. The van der Waals surface area contributed by atoms with Gasteiger partial charge in [0.15, 0.2) is 0 Å².